The molecule has 1 atom stereocenters. The second kappa shape index (κ2) is 22.4. The van der Waals surface area contributed by atoms with Gasteiger partial charge in [0.25, 0.3) is 6.71 Å². The first-order valence-electron chi connectivity index (χ1n) is 37.8. The minimum absolute atomic E-state index is 0.0155. The van der Waals surface area contributed by atoms with Gasteiger partial charge >= 0.3 is 0 Å². The van der Waals surface area contributed by atoms with Crippen LogP contribution in [0, 0.1) is 0 Å². The number of fused-ring (bicyclic) bond motifs is 11. The summed E-state index contributed by atoms with van der Waals surface area (Å²) in [5.74, 6) is -0.0960. The third-order valence-electron chi connectivity index (χ3n) is 22.5. The lowest BCUT2D eigenvalue weighted by molar-refractivity contribution is 0.590. The summed E-state index contributed by atoms with van der Waals surface area (Å²) in [6.45, 7) is 27.2. The Balaban J connectivity index is 1.02. The number of aromatic nitrogens is 1. The van der Waals surface area contributed by atoms with Crippen molar-refractivity contribution in [2.75, 3.05) is 9.80 Å². The van der Waals surface area contributed by atoms with Gasteiger partial charge in [-0.3, -0.25) is 0 Å². The molecule has 2 aliphatic heterocycles. The summed E-state index contributed by atoms with van der Waals surface area (Å²) in [4.78, 5) is 5.11. The predicted octanol–water partition coefficient (Wildman–Crippen LogP) is 25.1. The second-order valence-corrected chi connectivity index (χ2v) is 34.0. The number of thiophene rings is 1. The monoisotopic (exact) mass is 1330 g/mol. The Labute approximate surface area is 609 Å². The molecule has 1 unspecified atom stereocenters. The molecule has 0 saturated carbocycles. The highest BCUT2D eigenvalue weighted by molar-refractivity contribution is 7.33. The zero-order valence-electron chi connectivity index (χ0n) is 63.2. The van der Waals surface area contributed by atoms with E-state index in [1.54, 1.807) is 0 Å². The summed E-state index contributed by atoms with van der Waals surface area (Å²) in [6, 6.07) is 85.8. The maximum atomic E-state index is 12.1. The Kier molecular flexibility index (Phi) is 13.0. The molecule has 0 bridgehead atoms. The number of rotatable bonds is 7. The zero-order chi connectivity index (χ0) is 72.2. The van der Waals surface area contributed by atoms with Crippen LogP contribution < -0.4 is 25.5 Å². The van der Waals surface area contributed by atoms with Crippen LogP contribution in [0.5, 0.6) is 0 Å². The van der Waals surface area contributed by atoms with Crippen LogP contribution >= 0.6 is 11.3 Å². The van der Waals surface area contributed by atoms with Crippen molar-refractivity contribution in [3.8, 4) is 61.3 Å². The molecule has 5 heteroatoms. The van der Waals surface area contributed by atoms with E-state index in [1.165, 1.54) is 49.7 Å². The van der Waals surface area contributed by atoms with Gasteiger partial charge in [0.15, 0.2) is 0 Å². The lowest BCUT2D eigenvalue weighted by Crippen LogP contribution is -2.60. The van der Waals surface area contributed by atoms with Gasteiger partial charge in [-0.2, -0.15) is 0 Å². The lowest BCUT2D eigenvalue weighted by Gasteiger charge is -2.46. The Morgan fingerprint density at radius 2 is 0.980 bits per heavy atom. The van der Waals surface area contributed by atoms with E-state index in [4.69, 9.17) is 0 Å². The molecule has 3 aliphatic carbocycles. The maximum absolute atomic E-state index is 12.1. The van der Waals surface area contributed by atoms with Crippen molar-refractivity contribution in [3.05, 3.63) is 312 Å². The highest BCUT2D eigenvalue weighted by Gasteiger charge is 2.49. The number of nitrogens with zero attached hydrogens (tertiary/aromatic N) is 3. The molecule has 0 N–H and O–H groups in total. The van der Waals surface area contributed by atoms with Crippen LogP contribution in [0.25, 0.3) is 105 Å². The number of benzene rings is 12. The summed E-state index contributed by atoms with van der Waals surface area (Å²) in [5.41, 5.74) is 28.8. The van der Waals surface area contributed by atoms with Crippen LogP contribution in [-0.2, 0) is 21.7 Å². The van der Waals surface area contributed by atoms with Gasteiger partial charge in [0, 0.05) is 76.7 Å². The Morgan fingerprint density at radius 3 is 1.55 bits per heavy atom. The molecule has 102 heavy (non-hydrogen) atoms. The lowest BCUT2D eigenvalue weighted by atomic mass is 9.36. The van der Waals surface area contributed by atoms with Crippen LogP contribution in [-0.4, -0.2) is 11.3 Å². The first-order chi connectivity index (χ1) is 50.4. The summed E-state index contributed by atoms with van der Waals surface area (Å²) in [5, 5.41) is 4.65. The zero-order valence-corrected chi connectivity index (χ0v) is 61.0. The van der Waals surface area contributed by atoms with E-state index < -0.39 is 12.1 Å². The van der Waals surface area contributed by atoms with Crippen molar-refractivity contribution in [2.45, 2.75) is 111 Å². The third-order valence-corrected chi connectivity index (χ3v) is 23.7. The summed E-state index contributed by atoms with van der Waals surface area (Å²) < 4.78 is 39.5. The number of anilines is 6. The van der Waals surface area contributed by atoms with Gasteiger partial charge in [-0.05, 0) is 176 Å². The molecule has 0 saturated heterocycles. The van der Waals surface area contributed by atoms with Gasteiger partial charge in [-0.15, -0.1) is 11.3 Å². The molecule has 14 aromatic rings. The normalized spacial score (nSPS) is 15.4. The molecule has 0 spiro atoms. The first-order valence-corrected chi connectivity index (χ1v) is 37.1. The minimum Gasteiger partial charge on any atom is -0.310 e. The number of hydrogen-bond acceptors (Lipinski definition) is 3. The van der Waals surface area contributed by atoms with Crippen molar-refractivity contribution in [1.82, 2.24) is 4.57 Å². The fraction of sp³-hybridized carbons (Fsp3) is 0.175. The van der Waals surface area contributed by atoms with Crippen molar-refractivity contribution in [1.29, 1.82) is 0 Å². The summed E-state index contributed by atoms with van der Waals surface area (Å²) in [7, 11) is 0. The van der Waals surface area contributed by atoms with Crippen molar-refractivity contribution < 1.29 is 4.11 Å². The van der Waals surface area contributed by atoms with E-state index in [-0.39, 0.29) is 40.3 Å². The number of allylic oxidation sites excluding steroid dienone is 5. The molecule has 4 heterocycles. The fourth-order valence-corrected chi connectivity index (χ4v) is 18.6. The van der Waals surface area contributed by atoms with Crippen molar-refractivity contribution in [3.63, 3.8) is 0 Å². The largest absolute Gasteiger partial charge is 0.310 e. The van der Waals surface area contributed by atoms with E-state index in [2.05, 4.69) is 352 Å². The van der Waals surface area contributed by atoms with E-state index in [1.807, 2.05) is 11.3 Å². The van der Waals surface area contributed by atoms with Crippen molar-refractivity contribution in [2.24, 2.45) is 0 Å². The van der Waals surface area contributed by atoms with Gasteiger partial charge < -0.3 is 14.4 Å². The average Bonchev–Trinajstić information content (AvgIpc) is 1.66. The van der Waals surface area contributed by atoms with Crippen LogP contribution in [0.4, 0.5) is 34.1 Å². The Bertz CT molecular complexity index is 6040. The molecular weight excluding hydrogens is 1250 g/mol. The third kappa shape index (κ3) is 9.46. The van der Waals surface area contributed by atoms with Gasteiger partial charge in [-0.25, -0.2) is 0 Å². The molecule has 0 radical (unpaired) electrons. The maximum Gasteiger partial charge on any atom is 0.264 e. The number of hydrogen-bond donors (Lipinski definition) is 0. The van der Waals surface area contributed by atoms with Gasteiger partial charge in [-0.1, -0.05) is 295 Å². The van der Waals surface area contributed by atoms with E-state index >= 15 is 0 Å². The molecule has 2 aromatic heterocycles. The van der Waals surface area contributed by atoms with E-state index in [0.29, 0.717) is 16.8 Å². The molecular formula is C97H82BN3S. The smallest absolute Gasteiger partial charge is 0.264 e. The molecule has 3 nitrogen and oxygen atoms in total. The van der Waals surface area contributed by atoms with E-state index in [0.717, 1.165) is 127 Å². The molecule has 494 valence electrons. The van der Waals surface area contributed by atoms with Crippen LogP contribution in [0.15, 0.2) is 272 Å². The standard InChI is InChI=1S/C97H82BN3S/c1-94(2,3)65-44-47-71-83(56-65)102-93-92(71)101(90-76(60-33-21-15-22-34-60)52-67(96(7,8)9)53-77(90)61-35-23-16-24-36-61)82-55-68(97(10,11)12)54-81-88(82)98(93)78-48-45-69(57-80(78)100(81)89-74(58-29-17-13-18-30-58)50-66(95(4,5)6)51-75(89)59-31-19-14-20-32-59)99-79-42-26-25-40-70(79)86-72-46-43-62-37-27-38-63-49-64-39-28-41-73(91(86)99)85(64)87(72)84(62)63/h13-57,85H,1-12H3/i45D,48D,57D. The summed E-state index contributed by atoms with van der Waals surface area (Å²) in [6.07, 6.45) is 9.13. The predicted molar refractivity (Wildman–Crippen MR) is 440 cm³/mol. The Hall–Kier alpha value is -10.7. The van der Waals surface area contributed by atoms with E-state index in [9.17, 15) is 4.11 Å². The highest BCUT2D eigenvalue weighted by atomic mass is 32.1. The van der Waals surface area contributed by atoms with Crippen LogP contribution in [0.2, 0.25) is 0 Å². The SMILES string of the molecule is [2H]c1c([2H])c(-n2c3c(c4ccccc42)-c2ccc4cccc5c4c2C2C(=C5)C=CC=C32)c([2H])c2c1B1c3sc4cc(C(C)(C)C)ccc4c3N(c3c(-c4ccccc4)cc(C(C)(C)C)cc3-c3ccccc3)c3cc(C(C)(C)C)cc(c31)N2c1c(-c2ccccc2)cc(C(C)(C)C)cc1-c1ccccc1. The molecule has 19 rings (SSSR count). The number of para-hydroxylation sites is 1. The van der Waals surface area contributed by atoms with Gasteiger partial charge in [0.1, 0.15) is 0 Å². The molecule has 12 aromatic carbocycles. The molecule has 0 fully saturated rings. The van der Waals surface area contributed by atoms with Gasteiger partial charge in [0.05, 0.1) is 32.4 Å². The second-order valence-electron chi connectivity index (χ2n) is 33.0. The first kappa shape index (κ1) is 59.0. The van der Waals surface area contributed by atoms with Crippen molar-refractivity contribution >= 4 is 111 Å². The van der Waals surface area contributed by atoms with Crippen LogP contribution in [0.3, 0.4) is 0 Å². The molecule has 5 aliphatic rings. The van der Waals surface area contributed by atoms with Crippen LogP contribution in [0.1, 0.15) is 132 Å². The highest BCUT2D eigenvalue weighted by Crippen LogP contribution is 2.61. The molecule has 0 amide bonds. The topological polar surface area (TPSA) is 11.4 Å². The minimum atomic E-state index is -0.624. The quantitative estimate of drug-likeness (QED) is 0.147. The fourth-order valence-electron chi connectivity index (χ4n) is 17.3. The van der Waals surface area contributed by atoms with Gasteiger partial charge in [0.2, 0.25) is 0 Å². The Morgan fingerprint density at radius 1 is 0.451 bits per heavy atom. The summed E-state index contributed by atoms with van der Waals surface area (Å²) >= 11 is 1.82. The average molecular weight is 1340 g/mol.